The van der Waals surface area contributed by atoms with Crippen molar-refractivity contribution in [1.29, 1.82) is 0 Å². The van der Waals surface area contributed by atoms with Crippen molar-refractivity contribution in [2.75, 3.05) is 37.9 Å². The van der Waals surface area contributed by atoms with Gasteiger partial charge in [-0.1, -0.05) is 126 Å². The van der Waals surface area contributed by atoms with Crippen LogP contribution in [-0.2, 0) is 41.5 Å². The van der Waals surface area contributed by atoms with Crippen molar-refractivity contribution >= 4 is 93.3 Å². The highest BCUT2D eigenvalue weighted by molar-refractivity contribution is 6.41. The third kappa shape index (κ3) is 16.6. The van der Waals surface area contributed by atoms with Gasteiger partial charge in [-0.3, -0.25) is 19.2 Å². The molecule has 0 radical (unpaired) electrons. The van der Waals surface area contributed by atoms with Gasteiger partial charge in [-0.05, 0) is 123 Å². The summed E-state index contributed by atoms with van der Waals surface area (Å²) in [6, 6.07) is 22.0. The van der Waals surface area contributed by atoms with Gasteiger partial charge in [-0.25, -0.2) is 9.59 Å². The quantitative estimate of drug-likeness (QED) is 0.0156. The number of ether oxygens (including phenoxy) is 2. The molecule has 20 heteroatoms. The lowest BCUT2D eigenvalue weighted by Gasteiger charge is -2.30. The van der Waals surface area contributed by atoms with Crippen LogP contribution < -0.4 is 27.0 Å². The number of nitrogens with zero attached hydrogens (tertiary/aromatic N) is 3. The molecule has 2 atom stereocenters. The highest BCUT2D eigenvalue weighted by Crippen LogP contribution is 2.44. The van der Waals surface area contributed by atoms with E-state index in [0.29, 0.717) is 37.3 Å². The van der Waals surface area contributed by atoms with E-state index in [2.05, 4.69) is 31.3 Å². The third-order valence-corrected chi connectivity index (χ3v) is 14.9. The van der Waals surface area contributed by atoms with Gasteiger partial charge in [-0.15, -0.1) is 0 Å². The molecule has 0 heterocycles. The molecule has 0 bridgehead atoms. The summed E-state index contributed by atoms with van der Waals surface area (Å²) in [5, 5.41) is 16.0. The van der Waals surface area contributed by atoms with Crippen molar-refractivity contribution in [3.63, 3.8) is 0 Å². The zero-order valence-electron chi connectivity index (χ0n) is 41.7. The predicted molar refractivity (Wildman–Crippen MR) is 290 cm³/mol. The number of anilines is 2. The average molecular weight is 1090 g/mol. The number of unbranched alkanes of at least 4 members (excludes halogenated alkanes) is 2. The number of carbonyl (C=O) groups excluding carboxylic acids is 6. The van der Waals surface area contributed by atoms with Crippen LogP contribution in [0.4, 0.5) is 11.4 Å². The van der Waals surface area contributed by atoms with Crippen LogP contribution in [0.15, 0.2) is 90.0 Å². The van der Waals surface area contributed by atoms with E-state index in [1.54, 1.807) is 84.9 Å². The lowest BCUT2D eigenvalue weighted by molar-refractivity contribution is -0.147. The van der Waals surface area contributed by atoms with E-state index in [1.807, 2.05) is 0 Å². The predicted octanol–water partition coefficient (Wildman–Crippen LogP) is 11.6. The molecule has 2 aliphatic rings. The summed E-state index contributed by atoms with van der Waals surface area (Å²) in [6.07, 6.45) is 12.3. The Hall–Kier alpha value is -5.87. The number of esters is 2. The molecule has 0 aliphatic heterocycles. The van der Waals surface area contributed by atoms with E-state index in [1.165, 1.54) is 14.2 Å². The molecular weight excluding hydrogens is 1030 g/mol. The molecule has 0 aromatic heterocycles. The summed E-state index contributed by atoms with van der Waals surface area (Å²) >= 11 is 24.5. The number of amides is 4. The SMILES string of the molecule is COC(=O)[C@H](Cc1ccc(NC(=O)c2c(Cl)cccc2Cl)cc1)NC(=O)C1(CCCCN)CCCC1.COC(=O)[C@H](Cc1ccc(NC(=O)c2c(Cl)cccc2Cl)cc1)NC(=O)C1(CCCCN=[N+]=[N-])CCCC1. The van der Waals surface area contributed by atoms with E-state index >= 15 is 0 Å². The molecule has 6 N–H and O–H groups in total. The summed E-state index contributed by atoms with van der Waals surface area (Å²) in [5.74, 6) is -2.11. The first-order chi connectivity index (χ1) is 35.6. The summed E-state index contributed by atoms with van der Waals surface area (Å²) in [6.45, 7) is 1.01. The Kier molecular flexibility index (Phi) is 23.4. The molecule has 0 spiro atoms. The number of nitrogens with two attached hydrogens (primary N) is 1. The molecule has 2 fully saturated rings. The lowest BCUT2D eigenvalue weighted by Crippen LogP contribution is -2.49. The summed E-state index contributed by atoms with van der Waals surface area (Å²) in [4.78, 5) is 79.9. The summed E-state index contributed by atoms with van der Waals surface area (Å²) in [5.41, 5.74) is 16.2. The standard InChI is InChI=1S/C27H31Cl2N5O4.C27H33Cl2N3O4/c1-38-25(36)22(33-26(37)27(13-2-3-14-27)15-4-5-16-31-34-30)17-18-9-11-19(12-10-18)32-24(35)23-20(28)7-6-8-21(23)29;1-36-25(34)22(32-26(35)27(13-2-3-14-27)15-4-5-16-30)17-18-9-11-19(12-10-18)31-24(33)23-20(28)7-6-8-21(23)29/h6-12,22H,2-5,13-17H2,1H3,(H,32,35)(H,33,37);6-12,22H,2-5,13-17,30H2,1H3,(H,31,33)(H,32,35)/t2*22-/m00/s1. The second-order valence-corrected chi connectivity index (χ2v) is 20.3. The Morgan fingerprint density at radius 1 is 0.595 bits per heavy atom. The number of benzene rings is 4. The Labute approximate surface area is 452 Å². The van der Waals surface area contributed by atoms with E-state index in [4.69, 9.17) is 67.1 Å². The molecule has 4 aromatic carbocycles. The maximum atomic E-state index is 13.4. The molecule has 2 saturated carbocycles. The molecule has 16 nitrogen and oxygen atoms in total. The minimum Gasteiger partial charge on any atom is -0.467 e. The summed E-state index contributed by atoms with van der Waals surface area (Å²) < 4.78 is 9.95. The number of halogens is 4. The molecule has 396 valence electrons. The first-order valence-electron chi connectivity index (χ1n) is 24.8. The van der Waals surface area contributed by atoms with Gasteiger partial charge < -0.3 is 36.5 Å². The van der Waals surface area contributed by atoms with Gasteiger partial charge in [0.05, 0.1) is 45.4 Å². The Balaban J connectivity index is 0.000000274. The number of hydrogen-bond donors (Lipinski definition) is 5. The van der Waals surface area contributed by atoms with Crippen LogP contribution in [0, 0.1) is 10.8 Å². The fourth-order valence-electron chi connectivity index (χ4n) is 9.61. The summed E-state index contributed by atoms with van der Waals surface area (Å²) in [7, 11) is 2.60. The maximum Gasteiger partial charge on any atom is 0.328 e. The van der Waals surface area contributed by atoms with E-state index in [0.717, 1.165) is 88.2 Å². The lowest BCUT2D eigenvalue weighted by atomic mass is 9.79. The number of nitrogens with one attached hydrogen (secondary N) is 4. The number of methoxy groups -OCH3 is 2. The molecule has 4 amide bonds. The number of rotatable bonds is 23. The van der Waals surface area contributed by atoms with Crippen molar-refractivity contribution in [2.24, 2.45) is 21.7 Å². The highest BCUT2D eigenvalue weighted by Gasteiger charge is 2.43. The fourth-order valence-corrected chi connectivity index (χ4v) is 10.8. The molecular formula is C54H64Cl4N8O8. The number of hydrogen-bond acceptors (Lipinski definition) is 10. The minimum absolute atomic E-state index is 0.0899. The zero-order chi connectivity index (χ0) is 53.7. The normalized spacial score (nSPS) is 15.0. The number of azide groups is 1. The largest absolute Gasteiger partial charge is 0.467 e. The van der Waals surface area contributed by atoms with Crippen LogP contribution in [0.3, 0.4) is 0 Å². The van der Waals surface area contributed by atoms with Crippen LogP contribution in [0.2, 0.25) is 20.1 Å². The Morgan fingerprint density at radius 3 is 1.30 bits per heavy atom. The van der Waals surface area contributed by atoms with Crippen molar-refractivity contribution in [3.8, 4) is 0 Å². The van der Waals surface area contributed by atoms with Crippen molar-refractivity contribution in [3.05, 3.63) is 138 Å². The van der Waals surface area contributed by atoms with Gasteiger partial charge in [0.25, 0.3) is 11.8 Å². The van der Waals surface area contributed by atoms with Gasteiger partial charge in [0, 0.05) is 46.5 Å². The first kappa shape index (κ1) is 59.0. The number of carbonyl (C=O) groups is 6. The molecule has 74 heavy (non-hydrogen) atoms. The van der Waals surface area contributed by atoms with Gasteiger partial charge in [-0.2, -0.15) is 0 Å². The fraction of sp³-hybridized carbons (Fsp3) is 0.444. The van der Waals surface area contributed by atoms with Crippen molar-refractivity contribution in [2.45, 2.75) is 115 Å². The van der Waals surface area contributed by atoms with Crippen LogP contribution in [0.25, 0.3) is 10.4 Å². The molecule has 6 rings (SSSR count). The highest BCUT2D eigenvalue weighted by atomic mass is 35.5. The third-order valence-electron chi connectivity index (χ3n) is 13.7. The Bertz CT molecular complexity index is 2580. The molecule has 0 unspecified atom stereocenters. The Morgan fingerprint density at radius 2 is 0.959 bits per heavy atom. The van der Waals surface area contributed by atoms with E-state index in [9.17, 15) is 28.8 Å². The van der Waals surface area contributed by atoms with Gasteiger partial charge >= 0.3 is 11.9 Å². The molecule has 2 aliphatic carbocycles. The average Bonchev–Trinajstić information content (AvgIpc) is 4.09. The topological polar surface area (TPSA) is 244 Å². The molecule has 0 saturated heterocycles. The smallest absolute Gasteiger partial charge is 0.328 e. The van der Waals surface area contributed by atoms with E-state index < -0.39 is 46.7 Å². The monoisotopic (exact) mass is 1090 g/mol. The van der Waals surface area contributed by atoms with Crippen LogP contribution >= 0.6 is 46.4 Å². The van der Waals surface area contributed by atoms with Gasteiger partial charge in [0.2, 0.25) is 11.8 Å². The van der Waals surface area contributed by atoms with Crippen LogP contribution in [0.1, 0.15) is 122 Å². The maximum absolute atomic E-state index is 13.4. The van der Waals surface area contributed by atoms with Crippen molar-refractivity contribution in [1.82, 2.24) is 10.6 Å². The van der Waals surface area contributed by atoms with Crippen LogP contribution in [-0.4, -0.2) is 75.0 Å². The minimum atomic E-state index is -0.851. The van der Waals surface area contributed by atoms with Gasteiger partial charge in [0.1, 0.15) is 12.1 Å². The second-order valence-electron chi connectivity index (χ2n) is 18.6. The second kappa shape index (κ2) is 29.3. The zero-order valence-corrected chi connectivity index (χ0v) is 44.7. The first-order valence-corrected chi connectivity index (χ1v) is 26.3. The van der Waals surface area contributed by atoms with Crippen molar-refractivity contribution < 1.29 is 38.2 Å². The van der Waals surface area contributed by atoms with E-state index in [-0.39, 0.29) is 55.9 Å². The van der Waals surface area contributed by atoms with Gasteiger partial charge in [0.15, 0.2) is 0 Å². The molecule has 4 aromatic rings. The van der Waals surface area contributed by atoms with Crippen LogP contribution in [0.5, 0.6) is 0 Å².